The van der Waals surface area contributed by atoms with Crippen LogP contribution >= 0.6 is 0 Å². The molecule has 1 heterocycles. The third kappa shape index (κ3) is 2.59. The highest BCUT2D eigenvalue weighted by Gasteiger charge is 2.32. The number of nitrogens with zero attached hydrogens (tertiary/aromatic N) is 1. The minimum Gasteiger partial charge on any atom is -0.478 e. The van der Waals surface area contributed by atoms with Gasteiger partial charge >= 0.3 is 5.97 Å². The summed E-state index contributed by atoms with van der Waals surface area (Å²) in [6.45, 7) is 2.41. The van der Waals surface area contributed by atoms with E-state index in [1.807, 2.05) is 25.1 Å². The number of hydrogen-bond acceptors (Lipinski definition) is 3. The average molecular weight is 331 g/mol. The van der Waals surface area contributed by atoms with Gasteiger partial charge < -0.3 is 5.11 Å². The fraction of sp³-hybridized carbons (Fsp3) is 0.235. The molecule has 5 nitrogen and oxygen atoms in total. The van der Waals surface area contributed by atoms with E-state index < -0.39 is 16.0 Å². The zero-order valence-corrected chi connectivity index (χ0v) is 13.5. The van der Waals surface area contributed by atoms with Gasteiger partial charge in [0.2, 0.25) is 0 Å². The van der Waals surface area contributed by atoms with Gasteiger partial charge in [0.25, 0.3) is 10.0 Å². The molecule has 6 heteroatoms. The topological polar surface area (TPSA) is 74.7 Å². The zero-order chi connectivity index (χ0) is 16.6. The van der Waals surface area contributed by atoms with Crippen LogP contribution in [0.15, 0.2) is 47.4 Å². The maximum absolute atomic E-state index is 12.9. The molecule has 1 aliphatic heterocycles. The number of benzene rings is 2. The molecule has 0 spiro atoms. The molecule has 1 N–H and O–H groups in total. The van der Waals surface area contributed by atoms with Gasteiger partial charge in [-0.1, -0.05) is 25.1 Å². The van der Waals surface area contributed by atoms with Crippen LogP contribution in [0.5, 0.6) is 0 Å². The second-order valence-electron chi connectivity index (χ2n) is 5.44. The van der Waals surface area contributed by atoms with E-state index in [1.54, 1.807) is 0 Å². The van der Waals surface area contributed by atoms with Crippen molar-refractivity contribution >= 4 is 21.7 Å². The summed E-state index contributed by atoms with van der Waals surface area (Å²) in [4.78, 5) is 11.0. The zero-order valence-electron chi connectivity index (χ0n) is 12.7. The molecule has 0 bridgehead atoms. The highest BCUT2D eigenvalue weighted by atomic mass is 32.2. The van der Waals surface area contributed by atoms with E-state index in [-0.39, 0.29) is 10.5 Å². The number of sulfonamides is 1. The number of carboxylic acid groups (broad SMARTS) is 1. The maximum atomic E-state index is 12.9. The number of para-hydroxylation sites is 1. The Morgan fingerprint density at radius 2 is 1.87 bits per heavy atom. The minimum absolute atomic E-state index is 0.0695. The highest BCUT2D eigenvalue weighted by Crippen LogP contribution is 2.36. The number of anilines is 1. The lowest BCUT2D eigenvalue weighted by molar-refractivity contribution is 0.0696. The van der Waals surface area contributed by atoms with E-state index in [9.17, 15) is 13.2 Å². The summed E-state index contributed by atoms with van der Waals surface area (Å²) in [6, 6.07) is 11.2. The molecule has 0 unspecified atom stereocenters. The molecule has 1 aliphatic rings. The van der Waals surface area contributed by atoms with Gasteiger partial charge in [-0.25, -0.2) is 13.2 Å². The minimum atomic E-state index is -3.69. The molecule has 0 saturated heterocycles. The lowest BCUT2D eigenvalue weighted by Gasteiger charge is -2.22. The molecule has 0 fully saturated rings. The van der Waals surface area contributed by atoms with Crippen molar-refractivity contribution in [3.8, 4) is 0 Å². The summed E-state index contributed by atoms with van der Waals surface area (Å²) < 4.78 is 27.3. The molecule has 0 aromatic heterocycles. The van der Waals surface area contributed by atoms with Crippen molar-refractivity contribution in [3.63, 3.8) is 0 Å². The molecule has 0 radical (unpaired) electrons. The summed E-state index contributed by atoms with van der Waals surface area (Å²) in [5, 5.41) is 8.93. The molecule has 0 amide bonds. The van der Waals surface area contributed by atoms with Gasteiger partial charge in [-0.3, -0.25) is 4.31 Å². The normalized spacial score (nSPS) is 13.9. The van der Waals surface area contributed by atoms with Gasteiger partial charge in [0.1, 0.15) is 0 Å². The predicted octanol–water partition coefficient (Wildman–Crippen LogP) is 2.70. The fourth-order valence-corrected chi connectivity index (χ4v) is 4.46. The van der Waals surface area contributed by atoms with E-state index in [0.717, 1.165) is 23.2 Å². The standard InChI is InChI=1S/C17H17NO4S/c1-2-12-4-3-5-13-10-11-18(16(12)13)23(21,22)15-8-6-14(7-9-15)17(19)20/h3-9H,2,10-11H2,1H3,(H,19,20). The van der Waals surface area contributed by atoms with Crippen LogP contribution in [0, 0.1) is 0 Å². The fourth-order valence-electron chi connectivity index (χ4n) is 2.92. The first-order chi connectivity index (χ1) is 10.9. The molecular weight excluding hydrogens is 314 g/mol. The van der Waals surface area contributed by atoms with Gasteiger partial charge in [-0.05, 0) is 48.2 Å². The Kier molecular flexibility index (Phi) is 3.85. The first kappa shape index (κ1) is 15.6. The third-order valence-electron chi connectivity index (χ3n) is 4.11. The van der Waals surface area contributed by atoms with E-state index >= 15 is 0 Å². The van der Waals surface area contributed by atoms with Gasteiger partial charge in [-0.2, -0.15) is 0 Å². The molecule has 120 valence electrons. The van der Waals surface area contributed by atoms with E-state index in [1.165, 1.54) is 28.6 Å². The average Bonchev–Trinajstić information content (AvgIpc) is 2.99. The Hall–Kier alpha value is -2.34. The summed E-state index contributed by atoms with van der Waals surface area (Å²) in [5.41, 5.74) is 2.89. The van der Waals surface area contributed by atoms with Crippen LogP contribution in [0.4, 0.5) is 5.69 Å². The number of fused-ring (bicyclic) bond motifs is 1. The predicted molar refractivity (Wildman–Crippen MR) is 87.5 cm³/mol. The number of carboxylic acids is 1. The molecule has 3 rings (SSSR count). The Balaban J connectivity index is 2.04. The van der Waals surface area contributed by atoms with Crippen molar-refractivity contribution in [2.75, 3.05) is 10.8 Å². The first-order valence-corrected chi connectivity index (χ1v) is 8.86. The van der Waals surface area contributed by atoms with Crippen LogP contribution in [0.1, 0.15) is 28.4 Å². The van der Waals surface area contributed by atoms with Crippen LogP contribution in [0.25, 0.3) is 0 Å². The van der Waals surface area contributed by atoms with Gasteiger partial charge in [0.15, 0.2) is 0 Å². The lowest BCUT2D eigenvalue weighted by Crippen LogP contribution is -2.29. The Morgan fingerprint density at radius 1 is 1.17 bits per heavy atom. The smallest absolute Gasteiger partial charge is 0.335 e. The van der Waals surface area contributed by atoms with E-state index in [0.29, 0.717) is 13.0 Å². The van der Waals surface area contributed by atoms with Crippen molar-refractivity contribution in [2.45, 2.75) is 24.7 Å². The van der Waals surface area contributed by atoms with Crippen LogP contribution in [-0.2, 0) is 22.9 Å². The second-order valence-corrected chi connectivity index (χ2v) is 7.30. The molecule has 0 saturated carbocycles. The van der Waals surface area contributed by atoms with E-state index in [4.69, 9.17) is 5.11 Å². The molecule has 0 aliphatic carbocycles. The third-order valence-corrected chi connectivity index (χ3v) is 5.92. The van der Waals surface area contributed by atoms with Crippen molar-refractivity contribution in [1.29, 1.82) is 0 Å². The van der Waals surface area contributed by atoms with Crippen LogP contribution in [-0.4, -0.2) is 26.0 Å². The van der Waals surface area contributed by atoms with Crippen molar-refractivity contribution in [3.05, 3.63) is 59.2 Å². The Morgan fingerprint density at radius 3 is 2.48 bits per heavy atom. The van der Waals surface area contributed by atoms with E-state index in [2.05, 4.69) is 0 Å². The summed E-state index contributed by atoms with van der Waals surface area (Å²) in [5.74, 6) is -1.08. The highest BCUT2D eigenvalue weighted by molar-refractivity contribution is 7.92. The molecule has 0 atom stereocenters. The van der Waals surface area contributed by atoms with Gasteiger partial charge in [0, 0.05) is 6.54 Å². The van der Waals surface area contributed by atoms with Crippen LogP contribution in [0.3, 0.4) is 0 Å². The number of aromatic carboxylic acids is 1. The Labute approximate surface area is 135 Å². The van der Waals surface area contributed by atoms with Crippen LogP contribution in [0.2, 0.25) is 0 Å². The number of aryl methyl sites for hydroxylation is 1. The summed E-state index contributed by atoms with van der Waals surface area (Å²) in [7, 11) is -3.69. The monoisotopic (exact) mass is 331 g/mol. The maximum Gasteiger partial charge on any atom is 0.335 e. The van der Waals surface area contributed by atoms with Crippen molar-refractivity contribution < 1.29 is 18.3 Å². The van der Waals surface area contributed by atoms with Gasteiger partial charge in [0.05, 0.1) is 16.1 Å². The number of carbonyl (C=O) groups is 1. The van der Waals surface area contributed by atoms with Crippen molar-refractivity contribution in [2.24, 2.45) is 0 Å². The molecular formula is C17H17NO4S. The molecule has 2 aromatic carbocycles. The largest absolute Gasteiger partial charge is 0.478 e. The Bertz CT molecular complexity index is 857. The number of rotatable bonds is 4. The lowest BCUT2D eigenvalue weighted by atomic mass is 10.1. The van der Waals surface area contributed by atoms with Gasteiger partial charge in [-0.15, -0.1) is 0 Å². The summed E-state index contributed by atoms with van der Waals surface area (Å²) >= 11 is 0. The molecule has 23 heavy (non-hydrogen) atoms. The second kappa shape index (κ2) is 5.70. The quantitative estimate of drug-likeness (QED) is 0.935. The summed E-state index contributed by atoms with van der Waals surface area (Å²) in [6.07, 6.45) is 1.45. The van der Waals surface area contributed by atoms with Crippen molar-refractivity contribution in [1.82, 2.24) is 0 Å². The van der Waals surface area contributed by atoms with Crippen LogP contribution < -0.4 is 4.31 Å². The SMILES string of the molecule is CCc1cccc2c1N(S(=O)(=O)c1ccc(C(=O)O)cc1)CC2. The number of hydrogen-bond donors (Lipinski definition) is 1. The first-order valence-electron chi connectivity index (χ1n) is 7.42. The molecule has 2 aromatic rings.